The standard InChI is InChI=1S/C26H20O8/c1-14-8-17(33-26(28)16-5-7-19-21(11-16)32-13-31-19)12-22-24(14)25(27)23(34-22)10-15-4-6-18(29-2)20(9-15)30-3/h4-12H,13H2,1-3H3/b23-10-. The van der Waals surface area contributed by atoms with E-state index in [2.05, 4.69) is 0 Å². The van der Waals surface area contributed by atoms with Gasteiger partial charge < -0.3 is 28.4 Å². The first kappa shape index (κ1) is 21.4. The molecule has 2 aliphatic heterocycles. The first-order valence-electron chi connectivity index (χ1n) is 10.4. The molecule has 34 heavy (non-hydrogen) atoms. The van der Waals surface area contributed by atoms with Crippen molar-refractivity contribution >= 4 is 17.8 Å². The quantitative estimate of drug-likeness (QED) is 0.311. The number of benzene rings is 3. The molecule has 0 N–H and O–H groups in total. The second-order valence-electron chi connectivity index (χ2n) is 7.63. The number of hydrogen-bond acceptors (Lipinski definition) is 8. The summed E-state index contributed by atoms with van der Waals surface area (Å²) < 4.78 is 32.5. The molecule has 0 unspecified atom stereocenters. The topological polar surface area (TPSA) is 89.5 Å². The Morgan fingerprint density at radius 3 is 2.50 bits per heavy atom. The second kappa shape index (κ2) is 8.47. The molecule has 0 bridgehead atoms. The maximum Gasteiger partial charge on any atom is 0.343 e. The number of carbonyl (C=O) groups is 2. The number of rotatable bonds is 5. The van der Waals surface area contributed by atoms with Gasteiger partial charge in [0, 0.05) is 6.07 Å². The third-order valence-electron chi connectivity index (χ3n) is 5.47. The predicted molar refractivity (Wildman–Crippen MR) is 121 cm³/mol. The highest BCUT2D eigenvalue weighted by atomic mass is 16.7. The lowest BCUT2D eigenvalue weighted by Crippen LogP contribution is -2.08. The van der Waals surface area contributed by atoms with Crippen LogP contribution in [-0.2, 0) is 0 Å². The van der Waals surface area contributed by atoms with E-state index in [1.165, 1.54) is 13.2 Å². The fraction of sp³-hybridized carbons (Fsp3) is 0.154. The summed E-state index contributed by atoms with van der Waals surface area (Å²) in [4.78, 5) is 25.6. The minimum absolute atomic E-state index is 0.113. The maximum atomic E-state index is 13.0. The van der Waals surface area contributed by atoms with Crippen molar-refractivity contribution in [2.24, 2.45) is 0 Å². The highest BCUT2D eigenvalue weighted by Gasteiger charge is 2.30. The molecule has 3 aromatic carbocycles. The molecule has 3 aromatic rings. The summed E-state index contributed by atoms with van der Waals surface area (Å²) in [5.41, 5.74) is 2.08. The zero-order valence-electron chi connectivity index (χ0n) is 18.7. The Morgan fingerprint density at radius 2 is 1.71 bits per heavy atom. The highest BCUT2D eigenvalue weighted by Crippen LogP contribution is 2.39. The molecule has 0 aromatic heterocycles. The number of carbonyl (C=O) groups excluding carboxylic acids is 2. The molecule has 2 aliphatic rings. The van der Waals surface area contributed by atoms with Gasteiger partial charge in [0.15, 0.2) is 28.8 Å². The monoisotopic (exact) mass is 460 g/mol. The molecule has 0 fully saturated rings. The Balaban J connectivity index is 1.39. The number of Topliss-reactive ketones (excluding diaryl/α,β-unsaturated/α-hetero) is 1. The summed E-state index contributed by atoms with van der Waals surface area (Å²) in [6, 6.07) is 13.3. The normalized spacial score (nSPS) is 14.6. The van der Waals surface area contributed by atoms with Crippen molar-refractivity contribution in [2.75, 3.05) is 21.0 Å². The summed E-state index contributed by atoms with van der Waals surface area (Å²) in [5.74, 6) is 2.10. The molecular weight excluding hydrogens is 440 g/mol. The van der Waals surface area contributed by atoms with E-state index in [9.17, 15) is 9.59 Å². The average Bonchev–Trinajstić information content (AvgIpc) is 3.42. The molecule has 5 rings (SSSR count). The van der Waals surface area contributed by atoms with Crippen molar-refractivity contribution in [2.45, 2.75) is 6.92 Å². The van der Waals surface area contributed by atoms with Crippen LogP contribution in [0, 0.1) is 6.92 Å². The van der Waals surface area contributed by atoms with Crippen molar-refractivity contribution < 1.29 is 38.0 Å². The summed E-state index contributed by atoms with van der Waals surface area (Å²) in [6.45, 7) is 1.87. The molecule has 8 heteroatoms. The van der Waals surface area contributed by atoms with E-state index in [0.29, 0.717) is 51.0 Å². The van der Waals surface area contributed by atoms with Crippen LogP contribution in [-0.4, -0.2) is 32.8 Å². The Morgan fingerprint density at radius 1 is 0.912 bits per heavy atom. The summed E-state index contributed by atoms with van der Waals surface area (Å²) in [6.07, 6.45) is 1.63. The van der Waals surface area contributed by atoms with Crippen molar-refractivity contribution in [3.63, 3.8) is 0 Å². The molecule has 0 atom stereocenters. The Labute approximate surface area is 195 Å². The number of methoxy groups -OCH3 is 2. The van der Waals surface area contributed by atoms with Gasteiger partial charge >= 0.3 is 5.97 Å². The Kier molecular flexibility index (Phi) is 5.33. The molecule has 0 aliphatic carbocycles. The fourth-order valence-corrected chi connectivity index (χ4v) is 3.82. The van der Waals surface area contributed by atoms with Crippen LogP contribution in [0.2, 0.25) is 0 Å². The fourth-order valence-electron chi connectivity index (χ4n) is 3.82. The van der Waals surface area contributed by atoms with E-state index >= 15 is 0 Å². The van der Waals surface area contributed by atoms with Gasteiger partial charge in [-0.1, -0.05) is 6.07 Å². The van der Waals surface area contributed by atoms with Gasteiger partial charge in [-0.2, -0.15) is 0 Å². The van der Waals surface area contributed by atoms with Crippen LogP contribution in [0.15, 0.2) is 54.3 Å². The minimum Gasteiger partial charge on any atom is -0.493 e. The number of aryl methyl sites for hydroxylation is 1. The van der Waals surface area contributed by atoms with Crippen molar-refractivity contribution in [3.8, 4) is 34.5 Å². The highest BCUT2D eigenvalue weighted by molar-refractivity contribution is 6.15. The largest absolute Gasteiger partial charge is 0.493 e. The molecule has 0 radical (unpaired) electrons. The van der Waals surface area contributed by atoms with Crippen molar-refractivity contribution in [3.05, 3.63) is 76.5 Å². The molecule has 0 saturated carbocycles. The van der Waals surface area contributed by atoms with E-state index in [0.717, 1.165) is 0 Å². The van der Waals surface area contributed by atoms with E-state index in [-0.39, 0.29) is 24.1 Å². The maximum absolute atomic E-state index is 13.0. The number of ketones is 1. The summed E-state index contributed by atoms with van der Waals surface area (Å²) in [7, 11) is 3.09. The molecule has 0 amide bonds. The Bertz CT molecular complexity index is 1360. The number of hydrogen-bond donors (Lipinski definition) is 0. The number of allylic oxidation sites excluding steroid dienone is 1. The van der Waals surface area contributed by atoms with E-state index in [1.54, 1.807) is 62.6 Å². The molecular formula is C26H20O8. The minimum atomic E-state index is -0.567. The van der Waals surface area contributed by atoms with Crippen molar-refractivity contribution in [1.29, 1.82) is 0 Å². The van der Waals surface area contributed by atoms with Gasteiger partial charge in [-0.05, 0) is 60.5 Å². The molecule has 2 heterocycles. The molecule has 172 valence electrons. The van der Waals surface area contributed by atoms with Gasteiger partial charge in [-0.25, -0.2) is 4.79 Å². The van der Waals surface area contributed by atoms with Gasteiger partial charge in [0.2, 0.25) is 12.6 Å². The van der Waals surface area contributed by atoms with Crippen LogP contribution in [0.1, 0.15) is 31.8 Å². The molecule has 8 nitrogen and oxygen atoms in total. The summed E-state index contributed by atoms with van der Waals surface area (Å²) >= 11 is 0. The van der Waals surface area contributed by atoms with Gasteiger partial charge in [0.1, 0.15) is 11.5 Å². The predicted octanol–water partition coefficient (Wildman–Crippen LogP) is 4.58. The number of ether oxygens (including phenoxy) is 6. The first-order chi connectivity index (χ1) is 16.5. The lowest BCUT2D eigenvalue weighted by molar-refractivity contribution is 0.0734. The third kappa shape index (κ3) is 3.79. The smallest absolute Gasteiger partial charge is 0.343 e. The zero-order chi connectivity index (χ0) is 23.8. The SMILES string of the molecule is COc1ccc(/C=C2\Oc3cc(OC(=O)c4ccc5c(c4)OCO5)cc(C)c3C2=O)cc1OC. The van der Waals surface area contributed by atoms with E-state index < -0.39 is 5.97 Å². The number of fused-ring (bicyclic) bond motifs is 2. The molecule has 0 saturated heterocycles. The number of esters is 1. The molecule has 0 spiro atoms. The average molecular weight is 460 g/mol. The van der Waals surface area contributed by atoms with Crippen LogP contribution < -0.4 is 28.4 Å². The van der Waals surface area contributed by atoms with Crippen LogP contribution in [0.3, 0.4) is 0 Å². The second-order valence-corrected chi connectivity index (χ2v) is 7.63. The van der Waals surface area contributed by atoms with Crippen LogP contribution in [0.25, 0.3) is 6.08 Å². The lowest BCUT2D eigenvalue weighted by atomic mass is 10.0. The van der Waals surface area contributed by atoms with Crippen molar-refractivity contribution in [1.82, 2.24) is 0 Å². The third-order valence-corrected chi connectivity index (χ3v) is 5.47. The van der Waals surface area contributed by atoms with Gasteiger partial charge in [-0.15, -0.1) is 0 Å². The van der Waals surface area contributed by atoms with Gasteiger partial charge in [0.05, 0.1) is 25.3 Å². The first-order valence-corrected chi connectivity index (χ1v) is 10.4. The van der Waals surface area contributed by atoms with E-state index in [4.69, 9.17) is 28.4 Å². The van der Waals surface area contributed by atoms with Crippen LogP contribution in [0.5, 0.6) is 34.5 Å². The van der Waals surface area contributed by atoms with Gasteiger partial charge in [-0.3, -0.25) is 4.79 Å². The van der Waals surface area contributed by atoms with E-state index in [1.807, 2.05) is 0 Å². The lowest BCUT2D eigenvalue weighted by Gasteiger charge is -2.08. The van der Waals surface area contributed by atoms with Crippen LogP contribution >= 0.6 is 0 Å². The van der Waals surface area contributed by atoms with Crippen LogP contribution in [0.4, 0.5) is 0 Å². The zero-order valence-corrected chi connectivity index (χ0v) is 18.7. The Hall–Kier alpha value is -4.46. The summed E-state index contributed by atoms with van der Waals surface area (Å²) in [5, 5.41) is 0. The van der Waals surface area contributed by atoms with Gasteiger partial charge in [0.25, 0.3) is 0 Å².